The van der Waals surface area contributed by atoms with Crippen molar-refractivity contribution in [2.24, 2.45) is 0 Å². The molecule has 41 heavy (non-hydrogen) atoms. The molecule has 1 N–H and O–H groups in total. The molecule has 0 radical (unpaired) electrons. The normalized spacial score (nSPS) is 14.0. The smallest absolute Gasteiger partial charge is 0.413 e. The lowest BCUT2D eigenvalue weighted by Crippen LogP contribution is -2.53. The van der Waals surface area contributed by atoms with E-state index >= 15 is 0 Å². The number of methoxy groups -OCH3 is 2. The van der Waals surface area contributed by atoms with Crippen LogP contribution in [0.15, 0.2) is 30.9 Å². The zero-order chi connectivity index (χ0) is 30.8. The van der Waals surface area contributed by atoms with Gasteiger partial charge in [-0.3, -0.25) is 0 Å². The number of alkyl halides is 9. The first kappa shape index (κ1) is 31.5. The number of hydrogen-bond donors (Lipinski definition) is 1. The standard InChI is InChI=1S/C23H23F9N6O3/c1-4-38(20(39)36-15(22(27,28)29)5-6-21(24,25)26)16(23(30,31)32)13-9-12(10-34-18(13)40-2)14-11-37-8-7-33-17(37)19(35-14)41-3/h7-11,15-16H,4-6H2,1-3H3,(H,36,39). The van der Waals surface area contributed by atoms with Gasteiger partial charge in [0, 0.05) is 48.9 Å². The Kier molecular flexibility index (Phi) is 9.12. The topological polar surface area (TPSA) is 93.9 Å². The zero-order valence-electron chi connectivity index (χ0n) is 21.5. The van der Waals surface area contributed by atoms with Gasteiger partial charge in [0.1, 0.15) is 6.04 Å². The molecule has 9 nitrogen and oxygen atoms in total. The number of amides is 2. The average molecular weight is 602 g/mol. The second-order valence-corrected chi connectivity index (χ2v) is 8.54. The van der Waals surface area contributed by atoms with E-state index in [2.05, 4.69) is 15.0 Å². The number of hydrogen-bond acceptors (Lipinski definition) is 6. The summed E-state index contributed by atoms with van der Waals surface area (Å²) in [6, 6.07) is -6.93. The second-order valence-electron chi connectivity index (χ2n) is 8.54. The summed E-state index contributed by atoms with van der Waals surface area (Å²) in [5, 5.41) is 1.28. The van der Waals surface area contributed by atoms with E-state index in [1.165, 1.54) is 35.4 Å². The van der Waals surface area contributed by atoms with Gasteiger partial charge in [-0.25, -0.2) is 19.7 Å². The van der Waals surface area contributed by atoms with E-state index in [-0.39, 0.29) is 22.0 Å². The quantitative estimate of drug-likeness (QED) is 0.315. The Morgan fingerprint density at radius 3 is 2.22 bits per heavy atom. The van der Waals surface area contributed by atoms with Crippen LogP contribution in [-0.2, 0) is 0 Å². The molecule has 0 saturated heterocycles. The highest BCUT2D eigenvalue weighted by Gasteiger charge is 2.50. The van der Waals surface area contributed by atoms with Gasteiger partial charge in [0.2, 0.25) is 5.88 Å². The average Bonchev–Trinajstić information content (AvgIpc) is 3.35. The Morgan fingerprint density at radius 2 is 1.68 bits per heavy atom. The lowest BCUT2D eigenvalue weighted by molar-refractivity contribution is -0.181. The van der Waals surface area contributed by atoms with Gasteiger partial charge in [-0.15, -0.1) is 0 Å². The fraction of sp³-hybridized carbons (Fsp3) is 0.478. The fourth-order valence-electron chi connectivity index (χ4n) is 3.98. The summed E-state index contributed by atoms with van der Waals surface area (Å²) in [6.07, 6.45) is -13.8. The number of imidazole rings is 1. The van der Waals surface area contributed by atoms with E-state index in [1.807, 2.05) is 0 Å². The third-order valence-corrected chi connectivity index (χ3v) is 5.83. The Labute approximate surface area is 226 Å². The van der Waals surface area contributed by atoms with E-state index in [9.17, 15) is 44.3 Å². The number of fused-ring (bicyclic) bond motifs is 1. The number of carbonyl (C=O) groups is 1. The summed E-state index contributed by atoms with van der Waals surface area (Å²) in [5.74, 6) is -0.591. The van der Waals surface area contributed by atoms with Crippen molar-refractivity contribution in [2.75, 3.05) is 20.8 Å². The molecule has 0 spiro atoms. The first-order valence-electron chi connectivity index (χ1n) is 11.7. The van der Waals surface area contributed by atoms with Crippen molar-refractivity contribution in [2.45, 2.75) is 50.4 Å². The number of nitrogens with one attached hydrogen (secondary N) is 1. The summed E-state index contributed by atoms with van der Waals surface area (Å²) >= 11 is 0. The van der Waals surface area contributed by atoms with Gasteiger partial charge >= 0.3 is 24.6 Å². The largest absolute Gasteiger partial charge is 0.481 e. The second kappa shape index (κ2) is 11.9. The number of rotatable bonds is 9. The molecule has 2 amide bonds. The number of pyridine rings is 1. The molecule has 3 heterocycles. The molecule has 2 unspecified atom stereocenters. The molecule has 226 valence electrons. The van der Waals surface area contributed by atoms with E-state index in [0.29, 0.717) is 5.65 Å². The third-order valence-electron chi connectivity index (χ3n) is 5.83. The van der Waals surface area contributed by atoms with Gasteiger partial charge < -0.3 is 24.1 Å². The van der Waals surface area contributed by atoms with Gasteiger partial charge in [0.05, 0.1) is 19.9 Å². The van der Waals surface area contributed by atoms with E-state index < -0.39 is 67.5 Å². The van der Waals surface area contributed by atoms with Crippen LogP contribution in [0.4, 0.5) is 44.3 Å². The lowest BCUT2D eigenvalue weighted by Gasteiger charge is -2.34. The molecule has 0 aliphatic heterocycles. The molecule has 0 bridgehead atoms. The predicted octanol–water partition coefficient (Wildman–Crippen LogP) is 5.72. The van der Waals surface area contributed by atoms with Crippen LogP contribution >= 0.6 is 0 Å². The maximum Gasteiger partial charge on any atom is 0.413 e. The minimum absolute atomic E-state index is 0.00269. The van der Waals surface area contributed by atoms with Crippen LogP contribution in [-0.4, -0.2) is 75.6 Å². The Bertz CT molecular complexity index is 1360. The van der Waals surface area contributed by atoms with E-state index in [0.717, 1.165) is 26.3 Å². The summed E-state index contributed by atoms with van der Waals surface area (Å²) in [6.45, 7) is 0.264. The van der Waals surface area contributed by atoms with Crippen LogP contribution in [0.2, 0.25) is 0 Å². The lowest BCUT2D eigenvalue weighted by atomic mass is 10.0. The van der Waals surface area contributed by atoms with E-state index in [1.54, 1.807) is 0 Å². The SMILES string of the molecule is CCN(C(=O)NC(CCC(F)(F)F)C(F)(F)F)C(c1cc(-c2cn3ccnc3c(OC)n2)cnc1OC)C(F)(F)F. The van der Waals surface area contributed by atoms with Crippen LogP contribution in [0.5, 0.6) is 11.8 Å². The maximum atomic E-state index is 14.5. The molecular formula is C23H23F9N6O3. The van der Waals surface area contributed by atoms with Crippen LogP contribution in [0.3, 0.4) is 0 Å². The van der Waals surface area contributed by atoms with Crippen molar-refractivity contribution in [1.29, 1.82) is 0 Å². The molecule has 0 saturated carbocycles. The molecule has 3 rings (SSSR count). The van der Waals surface area contributed by atoms with Crippen molar-refractivity contribution in [3.05, 3.63) is 36.4 Å². The van der Waals surface area contributed by atoms with Crippen LogP contribution in [0.1, 0.15) is 31.4 Å². The number of urea groups is 1. The van der Waals surface area contributed by atoms with Crippen molar-refractivity contribution in [1.82, 2.24) is 29.6 Å². The van der Waals surface area contributed by atoms with Crippen molar-refractivity contribution >= 4 is 11.7 Å². The molecule has 3 aromatic rings. The molecule has 0 aromatic carbocycles. The Morgan fingerprint density at radius 1 is 1.02 bits per heavy atom. The van der Waals surface area contributed by atoms with Gasteiger partial charge in [-0.1, -0.05) is 0 Å². The molecule has 3 aromatic heterocycles. The van der Waals surface area contributed by atoms with Crippen molar-refractivity contribution < 1.29 is 53.8 Å². The molecular weight excluding hydrogens is 579 g/mol. The van der Waals surface area contributed by atoms with E-state index in [4.69, 9.17) is 9.47 Å². The minimum atomic E-state index is -5.37. The predicted molar refractivity (Wildman–Crippen MR) is 124 cm³/mol. The molecule has 18 heteroatoms. The summed E-state index contributed by atoms with van der Waals surface area (Å²) in [7, 11) is 2.28. The number of halogens is 9. The van der Waals surface area contributed by atoms with Gasteiger partial charge in [0.15, 0.2) is 11.7 Å². The van der Waals surface area contributed by atoms with Crippen LogP contribution < -0.4 is 14.8 Å². The molecule has 0 aliphatic rings. The highest BCUT2D eigenvalue weighted by molar-refractivity contribution is 5.76. The summed E-state index contributed by atoms with van der Waals surface area (Å²) in [5.41, 5.74) is -0.426. The van der Waals surface area contributed by atoms with Crippen molar-refractivity contribution in [3.8, 4) is 23.0 Å². The first-order valence-corrected chi connectivity index (χ1v) is 11.7. The highest BCUT2D eigenvalue weighted by atomic mass is 19.4. The van der Waals surface area contributed by atoms with Gasteiger partial charge in [0.25, 0.3) is 5.88 Å². The Balaban J connectivity index is 2.07. The molecule has 2 atom stereocenters. The third kappa shape index (κ3) is 7.40. The highest BCUT2D eigenvalue weighted by Crippen LogP contribution is 2.42. The van der Waals surface area contributed by atoms with Gasteiger partial charge in [-0.05, 0) is 19.4 Å². The maximum absolute atomic E-state index is 14.5. The zero-order valence-corrected chi connectivity index (χ0v) is 21.5. The number of nitrogens with zero attached hydrogens (tertiary/aromatic N) is 5. The monoisotopic (exact) mass is 602 g/mol. The van der Waals surface area contributed by atoms with Gasteiger partial charge in [-0.2, -0.15) is 39.5 Å². The molecule has 0 aliphatic carbocycles. The summed E-state index contributed by atoms with van der Waals surface area (Å²) in [4.78, 5) is 24.9. The number of ether oxygens (including phenoxy) is 2. The minimum Gasteiger partial charge on any atom is -0.481 e. The molecule has 0 fully saturated rings. The fourth-order valence-corrected chi connectivity index (χ4v) is 3.98. The Hall–Kier alpha value is -3.99. The first-order chi connectivity index (χ1) is 19.0. The van der Waals surface area contributed by atoms with Crippen LogP contribution in [0, 0.1) is 0 Å². The summed E-state index contributed by atoms with van der Waals surface area (Å²) < 4.78 is 133. The number of carbonyl (C=O) groups excluding carboxylic acids is 1. The van der Waals surface area contributed by atoms with Crippen molar-refractivity contribution in [3.63, 3.8) is 0 Å². The number of aromatic nitrogens is 4. The van der Waals surface area contributed by atoms with Crippen LogP contribution in [0.25, 0.3) is 16.9 Å².